The van der Waals surface area contributed by atoms with E-state index in [0.29, 0.717) is 17.9 Å². The Morgan fingerprint density at radius 1 is 0.857 bits per heavy atom. The number of ether oxygens (including phenoxy) is 3. The Morgan fingerprint density at radius 2 is 1.60 bits per heavy atom. The quantitative estimate of drug-likeness (QED) is 0.391. The molecule has 3 aromatic carbocycles. The van der Waals surface area contributed by atoms with Crippen molar-refractivity contribution in [1.82, 2.24) is 0 Å². The number of ketones is 1. The summed E-state index contributed by atoms with van der Waals surface area (Å²) in [4.78, 5) is 13.8. The number of para-hydroxylation sites is 2. The first-order valence-corrected chi connectivity index (χ1v) is 12.3. The molecule has 180 valence electrons. The highest BCUT2D eigenvalue weighted by atomic mass is 79.9. The van der Waals surface area contributed by atoms with Gasteiger partial charge in [-0.3, -0.25) is 4.79 Å². The van der Waals surface area contributed by atoms with Gasteiger partial charge in [-0.25, -0.2) is 0 Å². The van der Waals surface area contributed by atoms with E-state index in [9.17, 15) is 4.79 Å². The van der Waals surface area contributed by atoms with Crippen LogP contribution in [0.2, 0.25) is 0 Å². The second-order valence-electron chi connectivity index (χ2n) is 8.68. The lowest BCUT2D eigenvalue weighted by Gasteiger charge is -2.30. The lowest BCUT2D eigenvalue weighted by molar-refractivity contribution is -0.116. The van der Waals surface area contributed by atoms with Crippen molar-refractivity contribution in [3.05, 3.63) is 87.5 Å². The number of hydrogen-bond donors (Lipinski definition) is 2. The summed E-state index contributed by atoms with van der Waals surface area (Å²) in [7, 11) is 4.88. The van der Waals surface area contributed by atoms with Crippen molar-refractivity contribution in [3.8, 4) is 17.2 Å². The minimum Gasteiger partial charge on any atom is -0.497 e. The molecule has 0 spiro atoms. The van der Waals surface area contributed by atoms with E-state index >= 15 is 0 Å². The number of carbonyl (C=O) groups excluding carboxylic acids is 1. The molecule has 2 N–H and O–H groups in total. The highest BCUT2D eigenvalue weighted by Crippen LogP contribution is 2.46. The van der Waals surface area contributed by atoms with Gasteiger partial charge in [-0.15, -0.1) is 0 Å². The number of fused-ring (bicyclic) bond motifs is 1. The summed E-state index contributed by atoms with van der Waals surface area (Å²) in [5.41, 5.74) is 5.62. The summed E-state index contributed by atoms with van der Waals surface area (Å²) in [6.45, 7) is 0. The average molecular weight is 535 g/mol. The number of benzene rings is 3. The molecule has 0 saturated carbocycles. The monoisotopic (exact) mass is 534 g/mol. The first kappa shape index (κ1) is 23.3. The summed E-state index contributed by atoms with van der Waals surface area (Å²) in [5.74, 6) is 2.23. The normalized spacial score (nSPS) is 19.0. The molecule has 0 aromatic heterocycles. The SMILES string of the molecule is COc1ccc(C2CC(=O)C3=C(C2)Nc2ccccc2NC3c2cc(Br)c(OC)c(OC)c2)cc1. The van der Waals surface area contributed by atoms with Gasteiger partial charge in [0.1, 0.15) is 5.75 Å². The summed E-state index contributed by atoms with van der Waals surface area (Å²) in [6.07, 6.45) is 1.17. The molecule has 7 heteroatoms. The van der Waals surface area contributed by atoms with Crippen LogP contribution in [0.3, 0.4) is 0 Å². The summed E-state index contributed by atoms with van der Waals surface area (Å²) < 4.78 is 17.2. The van der Waals surface area contributed by atoms with Gasteiger partial charge in [0.2, 0.25) is 0 Å². The van der Waals surface area contributed by atoms with E-state index < -0.39 is 0 Å². The van der Waals surface area contributed by atoms with E-state index in [1.165, 1.54) is 0 Å². The van der Waals surface area contributed by atoms with Crippen LogP contribution in [0, 0.1) is 0 Å². The van der Waals surface area contributed by atoms with Crippen LogP contribution in [0.15, 0.2) is 76.4 Å². The number of halogens is 1. The van der Waals surface area contributed by atoms with Crippen molar-refractivity contribution in [2.45, 2.75) is 24.8 Å². The molecular weight excluding hydrogens is 508 g/mol. The van der Waals surface area contributed by atoms with Crippen molar-refractivity contribution >= 4 is 33.1 Å². The predicted molar refractivity (Wildman–Crippen MR) is 141 cm³/mol. The van der Waals surface area contributed by atoms with Crippen molar-refractivity contribution in [1.29, 1.82) is 0 Å². The van der Waals surface area contributed by atoms with E-state index in [0.717, 1.165) is 50.4 Å². The second-order valence-corrected chi connectivity index (χ2v) is 9.53. The molecule has 0 amide bonds. The highest BCUT2D eigenvalue weighted by Gasteiger charge is 2.36. The van der Waals surface area contributed by atoms with Crippen LogP contribution < -0.4 is 24.8 Å². The summed E-state index contributed by atoms with van der Waals surface area (Å²) in [5, 5.41) is 7.20. The molecule has 3 aromatic rings. The fourth-order valence-corrected chi connectivity index (χ4v) is 5.58. The zero-order valence-electron chi connectivity index (χ0n) is 19.9. The summed E-state index contributed by atoms with van der Waals surface area (Å²) in [6, 6.07) is 19.6. The Kier molecular flexibility index (Phi) is 6.43. The largest absolute Gasteiger partial charge is 0.497 e. The van der Waals surface area contributed by atoms with E-state index in [-0.39, 0.29) is 17.7 Å². The van der Waals surface area contributed by atoms with E-state index in [1.54, 1.807) is 21.3 Å². The molecule has 0 fully saturated rings. The van der Waals surface area contributed by atoms with E-state index in [1.807, 2.05) is 60.7 Å². The van der Waals surface area contributed by atoms with Crippen molar-refractivity contribution in [2.24, 2.45) is 0 Å². The third kappa shape index (κ3) is 4.36. The molecule has 35 heavy (non-hydrogen) atoms. The predicted octanol–water partition coefficient (Wildman–Crippen LogP) is 6.45. The molecule has 6 nitrogen and oxygen atoms in total. The number of Topliss-reactive ketones (excluding diaryl/α,β-unsaturated/α-hetero) is 1. The minimum absolute atomic E-state index is 0.0858. The molecule has 0 bridgehead atoms. The molecular formula is C28H27BrN2O4. The third-order valence-electron chi connectivity index (χ3n) is 6.69. The maximum Gasteiger partial charge on any atom is 0.174 e. The van der Waals surface area contributed by atoms with Crippen LogP contribution in [0.1, 0.15) is 35.9 Å². The number of carbonyl (C=O) groups is 1. The molecule has 1 aliphatic carbocycles. The van der Waals surface area contributed by atoms with Gasteiger partial charge < -0.3 is 24.8 Å². The van der Waals surface area contributed by atoms with Crippen molar-refractivity contribution < 1.29 is 19.0 Å². The molecule has 1 heterocycles. The third-order valence-corrected chi connectivity index (χ3v) is 7.27. The number of allylic oxidation sites excluding steroid dienone is 1. The highest BCUT2D eigenvalue weighted by molar-refractivity contribution is 9.10. The average Bonchev–Trinajstić information content (AvgIpc) is 3.05. The minimum atomic E-state index is -0.346. The van der Waals surface area contributed by atoms with Gasteiger partial charge in [0.05, 0.1) is 43.2 Å². The fourth-order valence-electron chi connectivity index (χ4n) is 4.96. The molecule has 1 aliphatic heterocycles. The Hall–Kier alpha value is -3.45. The van der Waals surface area contributed by atoms with Gasteiger partial charge in [-0.05, 0) is 75.8 Å². The van der Waals surface area contributed by atoms with Crippen molar-refractivity contribution in [3.63, 3.8) is 0 Å². The lowest BCUT2D eigenvalue weighted by Crippen LogP contribution is -2.27. The Labute approximate surface area is 213 Å². The number of nitrogens with one attached hydrogen (secondary N) is 2. The summed E-state index contributed by atoms with van der Waals surface area (Å²) >= 11 is 3.61. The van der Waals surface area contributed by atoms with Gasteiger partial charge >= 0.3 is 0 Å². The van der Waals surface area contributed by atoms with E-state index in [4.69, 9.17) is 14.2 Å². The van der Waals surface area contributed by atoms with Crippen molar-refractivity contribution in [2.75, 3.05) is 32.0 Å². The van der Waals surface area contributed by atoms with Crippen LogP contribution >= 0.6 is 15.9 Å². The van der Waals surface area contributed by atoms with Gasteiger partial charge in [-0.1, -0.05) is 24.3 Å². The maximum atomic E-state index is 13.8. The van der Waals surface area contributed by atoms with Crippen LogP contribution in [-0.2, 0) is 4.79 Å². The number of hydrogen-bond acceptors (Lipinski definition) is 6. The van der Waals surface area contributed by atoms with Gasteiger partial charge in [0.15, 0.2) is 17.3 Å². The maximum absolute atomic E-state index is 13.8. The van der Waals surface area contributed by atoms with Crippen LogP contribution in [0.4, 0.5) is 11.4 Å². The van der Waals surface area contributed by atoms with Gasteiger partial charge in [0.25, 0.3) is 0 Å². The number of methoxy groups -OCH3 is 3. The number of rotatable bonds is 5. The van der Waals surface area contributed by atoms with Gasteiger partial charge in [-0.2, -0.15) is 0 Å². The number of anilines is 2. The molecule has 5 rings (SSSR count). The topological polar surface area (TPSA) is 68.8 Å². The Morgan fingerprint density at radius 3 is 2.29 bits per heavy atom. The molecule has 2 atom stereocenters. The zero-order chi connectivity index (χ0) is 24.5. The zero-order valence-corrected chi connectivity index (χ0v) is 21.4. The Bertz CT molecular complexity index is 1300. The second kappa shape index (κ2) is 9.66. The smallest absolute Gasteiger partial charge is 0.174 e. The van der Waals surface area contributed by atoms with E-state index in [2.05, 4.69) is 26.6 Å². The molecule has 0 saturated heterocycles. The first-order chi connectivity index (χ1) is 17.0. The molecule has 0 radical (unpaired) electrons. The Balaban J connectivity index is 1.61. The molecule has 2 aliphatic rings. The van der Waals surface area contributed by atoms with Gasteiger partial charge in [0, 0.05) is 17.7 Å². The first-order valence-electron chi connectivity index (χ1n) is 11.5. The van der Waals surface area contributed by atoms with Crippen LogP contribution in [0.25, 0.3) is 0 Å². The van der Waals surface area contributed by atoms with Crippen LogP contribution in [-0.4, -0.2) is 27.1 Å². The standard InChI is InChI=1S/C28H27BrN2O4/c1-33-19-10-8-16(9-11-19)17-13-23-26(24(32)14-17)27(31-22-7-5-4-6-21(22)30-23)18-12-20(29)28(35-3)25(15-18)34-2/h4-12,15,17,27,30-31H,13-14H2,1-3H3. The lowest BCUT2D eigenvalue weighted by atomic mass is 9.78. The van der Waals surface area contributed by atoms with Crippen LogP contribution in [0.5, 0.6) is 17.2 Å². The fraction of sp³-hybridized carbons (Fsp3) is 0.250. The molecule has 2 unspecified atom stereocenters.